The van der Waals surface area contributed by atoms with Crippen LogP contribution in [0.5, 0.6) is 11.5 Å². The summed E-state index contributed by atoms with van der Waals surface area (Å²) in [6.45, 7) is 2.54. The largest absolute Gasteiger partial charge is 0.497 e. The number of likely N-dealkylation sites (tertiary alicyclic amines) is 1. The van der Waals surface area contributed by atoms with E-state index in [1.54, 1.807) is 26.4 Å². The smallest absolute Gasteiger partial charge is 0.193 e. The summed E-state index contributed by atoms with van der Waals surface area (Å²) in [6, 6.07) is 10.9. The molecule has 0 radical (unpaired) electrons. The Morgan fingerprint density at radius 3 is 2.62 bits per heavy atom. The number of guanidine groups is 1. The van der Waals surface area contributed by atoms with Crippen molar-refractivity contribution in [2.45, 2.75) is 18.8 Å². The highest BCUT2D eigenvalue weighted by Gasteiger charge is 2.27. The number of fused-ring (bicyclic) bond motifs is 1. The summed E-state index contributed by atoms with van der Waals surface area (Å²) in [5, 5.41) is 4.40. The van der Waals surface area contributed by atoms with Gasteiger partial charge in [0.15, 0.2) is 5.96 Å². The second-order valence-electron chi connectivity index (χ2n) is 7.81. The number of aliphatic imine (C=N–C) groups is 1. The normalized spacial score (nSPS) is 16.2. The SMILES string of the molecule is CN=C(NCCc1c[nH]c2ccc(F)cc12)N1CCC(c2cc(OC)cc(OC)c2)C1.I. The molecule has 1 unspecified atom stereocenters. The Hall–Kier alpha value is -2.49. The zero-order chi connectivity index (χ0) is 21.8. The van der Waals surface area contributed by atoms with Gasteiger partial charge in [-0.25, -0.2) is 4.39 Å². The summed E-state index contributed by atoms with van der Waals surface area (Å²) in [7, 11) is 5.16. The maximum Gasteiger partial charge on any atom is 0.193 e. The third-order valence-electron chi connectivity index (χ3n) is 5.95. The zero-order valence-corrected chi connectivity index (χ0v) is 21.0. The number of hydrogen-bond acceptors (Lipinski definition) is 3. The van der Waals surface area contributed by atoms with E-state index in [1.807, 2.05) is 19.3 Å². The summed E-state index contributed by atoms with van der Waals surface area (Å²) in [4.78, 5) is 9.97. The summed E-state index contributed by atoms with van der Waals surface area (Å²) in [5.74, 6) is 2.69. The molecule has 1 saturated heterocycles. The molecule has 4 rings (SSSR count). The monoisotopic (exact) mass is 552 g/mol. The van der Waals surface area contributed by atoms with E-state index < -0.39 is 0 Å². The van der Waals surface area contributed by atoms with Gasteiger partial charge in [-0.3, -0.25) is 4.99 Å². The molecule has 2 heterocycles. The fourth-order valence-electron chi connectivity index (χ4n) is 4.29. The number of hydrogen-bond donors (Lipinski definition) is 2. The van der Waals surface area contributed by atoms with E-state index in [-0.39, 0.29) is 29.8 Å². The van der Waals surface area contributed by atoms with Gasteiger partial charge in [0.2, 0.25) is 0 Å². The van der Waals surface area contributed by atoms with Gasteiger partial charge in [-0.1, -0.05) is 0 Å². The lowest BCUT2D eigenvalue weighted by atomic mass is 9.98. The van der Waals surface area contributed by atoms with Crippen LogP contribution in [0, 0.1) is 5.82 Å². The van der Waals surface area contributed by atoms with E-state index in [1.165, 1.54) is 11.6 Å². The van der Waals surface area contributed by atoms with Crippen LogP contribution in [0.15, 0.2) is 47.6 Å². The highest BCUT2D eigenvalue weighted by atomic mass is 127. The molecule has 1 atom stereocenters. The van der Waals surface area contributed by atoms with Gasteiger partial charge in [0.05, 0.1) is 14.2 Å². The Morgan fingerprint density at radius 2 is 1.94 bits per heavy atom. The summed E-state index contributed by atoms with van der Waals surface area (Å²) in [6.07, 6.45) is 3.78. The fourth-order valence-corrected chi connectivity index (χ4v) is 4.29. The molecule has 172 valence electrons. The van der Waals surface area contributed by atoms with Crippen molar-refractivity contribution < 1.29 is 13.9 Å². The number of halogens is 2. The van der Waals surface area contributed by atoms with Crippen LogP contribution in [0.4, 0.5) is 4.39 Å². The molecule has 0 spiro atoms. The van der Waals surface area contributed by atoms with Gasteiger partial charge >= 0.3 is 0 Å². The number of nitrogens with zero attached hydrogens (tertiary/aromatic N) is 2. The summed E-state index contributed by atoms with van der Waals surface area (Å²) in [5.41, 5.74) is 3.27. The molecule has 1 aliphatic rings. The first kappa shape index (κ1) is 24.2. The van der Waals surface area contributed by atoms with Crippen LogP contribution in [0.1, 0.15) is 23.5 Å². The van der Waals surface area contributed by atoms with Crippen LogP contribution in [0.2, 0.25) is 0 Å². The first-order chi connectivity index (χ1) is 15.1. The molecule has 1 aliphatic heterocycles. The van der Waals surface area contributed by atoms with Gasteiger partial charge < -0.3 is 24.7 Å². The molecule has 0 saturated carbocycles. The highest BCUT2D eigenvalue weighted by Crippen LogP contribution is 2.33. The minimum atomic E-state index is -0.214. The number of ether oxygens (including phenoxy) is 2. The molecule has 0 bridgehead atoms. The maximum atomic E-state index is 13.6. The Bertz CT molecular complexity index is 1060. The quantitative estimate of drug-likeness (QED) is 0.268. The first-order valence-electron chi connectivity index (χ1n) is 10.6. The van der Waals surface area contributed by atoms with E-state index >= 15 is 0 Å². The molecule has 8 heteroatoms. The number of rotatable bonds is 6. The van der Waals surface area contributed by atoms with Gasteiger partial charge in [0.1, 0.15) is 17.3 Å². The topological polar surface area (TPSA) is 61.9 Å². The zero-order valence-electron chi connectivity index (χ0n) is 18.7. The number of methoxy groups -OCH3 is 2. The van der Waals surface area contributed by atoms with Crippen LogP contribution in [-0.4, -0.2) is 56.7 Å². The molecule has 1 aromatic heterocycles. The van der Waals surface area contributed by atoms with Gasteiger partial charge in [-0.15, -0.1) is 24.0 Å². The van der Waals surface area contributed by atoms with Crippen molar-refractivity contribution in [2.24, 2.45) is 4.99 Å². The van der Waals surface area contributed by atoms with Crippen LogP contribution in [0.3, 0.4) is 0 Å². The van der Waals surface area contributed by atoms with Gasteiger partial charge in [0, 0.05) is 55.8 Å². The number of nitrogens with one attached hydrogen (secondary N) is 2. The molecule has 1 fully saturated rings. The third kappa shape index (κ3) is 5.28. The Morgan fingerprint density at radius 1 is 1.19 bits per heavy atom. The first-order valence-corrected chi connectivity index (χ1v) is 10.6. The molecule has 0 amide bonds. The van der Waals surface area contributed by atoms with E-state index in [0.29, 0.717) is 5.92 Å². The minimum Gasteiger partial charge on any atom is -0.497 e. The van der Waals surface area contributed by atoms with Crippen molar-refractivity contribution in [2.75, 3.05) is 40.9 Å². The molecule has 32 heavy (non-hydrogen) atoms. The Labute approximate surface area is 205 Å². The van der Waals surface area contributed by atoms with Crippen LogP contribution < -0.4 is 14.8 Å². The summed E-state index contributed by atoms with van der Waals surface area (Å²) < 4.78 is 24.5. The molecule has 2 N–H and O–H groups in total. The number of aromatic amines is 1. The number of benzene rings is 2. The summed E-state index contributed by atoms with van der Waals surface area (Å²) >= 11 is 0. The molecule has 6 nitrogen and oxygen atoms in total. The number of H-pyrrole nitrogens is 1. The molecule has 0 aliphatic carbocycles. The third-order valence-corrected chi connectivity index (χ3v) is 5.95. The van der Waals surface area contributed by atoms with Crippen LogP contribution >= 0.6 is 24.0 Å². The maximum absolute atomic E-state index is 13.6. The van der Waals surface area contributed by atoms with Crippen molar-refractivity contribution in [1.82, 2.24) is 15.2 Å². The predicted molar refractivity (Wildman–Crippen MR) is 137 cm³/mol. The van der Waals surface area contributed by atoms with E-state index in [0.717, 1.165) is 66.4 Å². The van der Waals surface area contributed by atoms with Crippen molar-refractivity contribution in [1.29, 1.82) is 0 Å². The van der Waals surface area contributed by atoms with E-state index in [2.05, 4.69) is 32.3 Å². The Kier molecular flexibility index (Phi) is 8.22. The lowest BCUT2D eigenvalue weighted by molar-refractivity contribution is 0.392. The van der Waals surface area contributed by atoms with Crippen molar-refractivity contribution in [3.8, 4) is 11.5 Å². The highest BCUT2D eigenvalue weighted by molar-refractivity contribution is 14.0. The molecular formula is C24H30FIN4O2. The fraction of sp³-hybridized carbons (Fsp3) is 0.375. The van der Waals surface area contributed by atoms with E-state index in [9.17, 15) is 4.39 Å². The molecule has 3 aromatic rings. The van der Waals surface area contributed by atoms with Crippen molar-refractivity contribution in [3.05, 3.63) is 59.5 Å². The standard InChI is InChI=1S/C24H29FN4O2.HI/c1-26-24(27-8-6-16-14-28-23-5-4-19(25)12-22(16)23)29-9-7-17(15-29)18-10-20(30-2)13-21(11-18)31-3;/h4-5,10-14,17,28H,6-9,15H2,1-3H3,(H,26,27);1H. The predicted octanol–water partition coefficient (Wildman–Crippen LogP) is 4.55. The lowest BCUT2D eigenvalue weighted by Gasteiger charge is -2.22. The van der Waals surface area contributed by atoms with E-state index in [4.69, 9.17) is 9.47 Å². The van der Waals surface area contributed by atoms with Gasteiger partial charge in [0.25, 0.3) is 0 Å². The van der Waals surface area contributed by atoms with Crippen LogP contribution in [-0.2, 0) is 6.42 Å². The second kappa shape index (κ2) is 10.9. The lowest BCUT2D eigenvalue weighted by Crippen LogP contribution is -2.40. The number of aromatic nitrogens is 1. The molecule has 2 aromatic carbocycles. The van der Waals surface area contributed by atoms with Crippen molar-refractivity contribution in [3.63, 3.8) is 0 Å². The molecular weight excluding hydrogens is 522 g/mol. The van der Waals surface area contributed by atoms with Crippen molar-refractivity contribution >= 4 is 40.8 Å². The second-order valence-corrected chi connectivity index (χ2v) is 7.81. The average molecular weight is 552 g/mol. The van der Waals surface area contributed by atoms with Crippen LogP contribution in [0.25, 0.3) is 10.9 Å². The Balaban J connectivity index is 0.00000289. The average Bonchev–Trinajstić information content (AvgIpc) is 3.44. The van der Waals surface area contributed by atoms with Gasteiger partial charge in [-0.05, 0) is 54.3 Å². The van der Waals surface area contributed by atoms with Gasteiger partial charge in [-0.2, -0.15) is 0 Å². The minimum absolute atomic E-state index is 0.